The maximum absolute atomic E-state index is 15.1. The molecule has 58 heavy (non-hydrogen) atoms. The predicted octanol–water partition coefficient (Wildman–Crippen LogP) is 9.01. The van der Waals surface area contributed by atoms with Gasteiger partial charge in [-0.25, -0.2) is 0 Å². The Morgan fingerprint density at radius 1 is 0.810 bits per heavy atom. The van der Waals surface area contributed by atoms with Crippen molar-refractivity contribution in [1.82, 2.24) is 10.2 Å². The summed E-state index contributed by atoms with van der Waals surface area (Å²) in [6, 6.07) is 0. The van der Waals surface area contributed by atoms with Gasteiger partial charge in [-0.3, -0.25) is 19.3 Å². The largest absolute Gasteiger partial charge is 0.481 e. The number of nitrogens with zero attached hydrogens (tertiary/aromatic N) is 1. The molecule has 330 valence electrons. The van der Waals surface area contributed by atoms with Crippen LogP contribution in [0.25, 0.3) is 0 Å². The maximum atomic E-state index is 15.1. The summed E-state index contributed by atoms with van der Waals surface area (Å²) in [5.74, 6) is 1.53. The molecule has 7 aliphatic rings. The van der Waals surface area contributed by atoms with E-state index in [9.17, 15) is 14.7 Å². The first kappa shape index (κ1) is 44.3. The lowest BCUT2D eigenvalue weighted by Gasteiger charge is -2.73. The zero-order valence-electron chi connectivity index (χ0n) is 38.6. The smallest absolute Gasteiger partial charge is 0.309 e. The number of likely N-dealkylation sites (tertiary alicyclic amines) is 1. The molecule has 2 N–H and O–H groups in total. The van der Waals surface area contributed by atoms with E-state index in [2.05, 4.69) is 72.5 Å². The zero-order chi connectivity index (χ0) is 42.4. The number of hydrogen-bond donors (Lipinski definition) is 2. The number of carbonyl (C=O) groups is 3. The fourth-order valence-corrected chi connectivity index (χ4v) is 16.3. The topological polar surface area (TPSA) is 114 Å². The number of nitrogens with one attached hydrogen (secondary N) is 1. The molecular formula is C49H82N2O7. The molecule has 9 nitrogen and oxygen atoms in total. The van der Waals surface area contributed by atoms with Crippen LogP contribution in [0.15, 0.2) is 0 Å². The number of ether oxygens (including phenoxy) is 3. The number of carbonyl (C=O) groups excluding carboxylic acids is 2. The highest BCUT2D eigenvalue weighted by atomic mass is 16.5. The molecule has 1 aliphatic heterocycles. The molecular weight excluding hydrogens is 729 g/mol. The van der Waals surface area contributed by atoms with Gasteiger partial charge < -0.3 is 24.6 Å². The third kappa shape index (κ3) is 6.92. The van der Waals surface area contributed by atoms with Gasteiger partial charge in [0.1, 0.15) is 6.10 Å². The van der Waals surface area contributed by atoms with Crippen LogP contribution < -0.4 is 5.32 Å². The molecule has 0 radical (unpaired) electrons. The number of fused-ring (bicyclic) bond motifs is 7. The monoisotopic (exact) mass is 811 g/mol. The van der Waals surface area contributed by atoms with E-state index in [1.165, 1.54) is 19.3 Å². The molecule has 1 saturated heterocycles. The minimum absolute atomic E-state index is 0.143. The summed E-state index contributed by atoms with van der Waals surface area (Å²) >= 11 is 0. The van der Waals surface area contributed by atoms with Gasteiger partial charge in [-0.1, -0.05) is 62.3 Å². The van der Waals surface area contributed by atoms with E-state index in [4.69, 9.17) is 14.2 Å². The van der Waals surface area contributed by atoms with Gasteiger partial charge in [0.2, 0.25) is 5.91 Å². The van der Waals surface area contributed by atoms with Crippen LogP contribution in [-0.2, 0) is 28.6 Å². The highest BCUT2D eigenvalue weighted by molar-refractivity contribution is 5.84. The second-order valence-corrected chi connectivity index (χ2v) is 23.9. The quantitative estimate of drug-likeness (QED) is 0.148. The van der Waals surface area contributed by atoms with Crippen molar-refractivity contribution in [2.45, 2.75) is 171 Å². The highest BCUT2D eigenvalue weighted by Crippen LogP contribution is 2.77. The molecule has 0 aromatic carbocycles. The van der Waals surface area contributed by atoms with E-state index in [-0.39, 0.29) is 56.7 Å². The van der Waals surface area contributed by atoms with E-state index in [0.717, 1.165) is 71.0 Å². The number of rotatable bonds is 12. The van der Waals surface area contributed by atoms with Gasteiger partial charge >= 0.3 is 11.9 Å². The van der Waals surface area contributed by atoms with Gasteiger partial charge in [0.15, 0.2) is 0 Å². The van der Waals surface area contributed by atoms with Crippen LogP contribution in [0, 0.1) is 79.8 Å². The van der Waals surface area contributed by atoms with Crippen LogP contribution >= 0.6 is 0 Å². The molecule has 0 bridgehead atoms. The first-order chi connectivity index (χ1) is 27.0. The third-order valence-electron chi connectivity index (χ3n) is 19.8. The Kier molecular flexibility index (Phi) is 11.7. The van der Waals surface area contributed by atoms with Crippen molar-refractivity contribution in [2.24, 2.45) is 79.8 Å². The van der Waals surface area contributed by atoms with Crippen LogP contribution in [-0.4, -0.2) is 85.6 Å². The second-order valence-electron chi connectivity index (χ2n) is 23.9. The summed E-state index contributed by atoms with van der Waals surface area (Å²) < 4.78 is 17.7. The molecule has 0 aromatic heterocycles. The second kappa shape index (κ2) is 15.3. The van der Waals surface area contributed by atoms with Gasteiger partial charge in [0.25, 0.3) is 0 Å². The third-order valence-corrected chi connectivity index (χ3v) is 19.8. The minimum Gasteiger partial charge on any atom is -0.481 e. The van der Waals surface area contributed by atoms with E-state index >= 15 is 4.79 Å². The number of carboxylic acid groups (broad SMARTS) is 1. The molecule has 0 aromatic rings. The molecule has 6 saturated carbocycles. The molecule has 7 rings (SSSR count). The van der Waals surface area contributed by atoms with E-state index in [1.807, 2.05) is 13.8 Å². The number of aliphatic carboxylic acids is 1. The fourth-order valence-electron chi connectivity index (χ4n) is 16.3. The standard InChI is InChI=1S/C49H82N2O7/c1-30(2)32-15-21-49(42(55)50-43(3,4)29-51-24-18-31(28-51)57-26-25-56-12)23-22-47(10)33(39(32)49)13-14-37-46(9)19-17-38(45(7,8)36(46)16-20-48(37,47)11)58-41(54)35-27-34(40(52)53)44(35,5)6/h30-39H,13-29H2,1-12H3,(H,50,55)(H,52,53)/t31-,32+,33-,34+,35-,36+,37-,38+,39-,46+,47-,48-,49+/m1/s1. The summed E-state index contributed by atoms with van der Waals surface area (Å²) in [6.45, 7) is 29.7. The number of amides is 1. The maximum Gasteiger partial charge on any atom is 0.309 e. The zero-order valence-corrected chi connectivity index (χ0v) is 38.6. The average molecular weight is 811 g/mol. The molecule has 9 heteroatoms. The summed E-state index contributed by atoms with van der Waals surface area (Å²) in [5.41, 5.74) is -0.924. The molecule has 1 heterocycles. The highest BCUT2D eigenvalue weighted by Gasteiger charge is 2.72. The fraction of sp³-hybridized carbons (Fsp3) is 0.939. The average Bonchev–Trinajstić information content (AvgIpc) is 3.74. The Hall–Kier alpha value is -1.71. The molecule has 1 amide bonds. The molecule has 0 spiro atoms. The van der Waals surface area contributed by atoms with E-state index in [1.54, 1.807) is 7.11 Å². The van der Waals surface area contributed by atoms with Gasteiger partial charge in [-0.05, 0) is 148 Å². The Morgan fingerprint density at radius 3 is 2.19 bits per heavy atom. The Labute approximate surface area is 351 Å². The van der Waals surface area contributed by atoms with Gasteiger partial charge in [-0.15, -0.1) is 0 Å². The van der Waals surface area contributed by atoms with Crippen molar-refractivity contribution in [3.8, 4) is 0 Å². The van der Waals surface area contributed by atoms with Gasteiger partial charge in [0.05, 0.1) is 36.6 Å². The lowest BCUT2D eigenvalue weighted by Crippen LogP contribution is -2.68. The molecule has 7 fully saturated rings. The Bertz CT molecular complexity index is 1570. The van der Waals surface area contributed by atoms with Gasteiger partial charge in [0, 0.05) is 37.7 Å². The van der Waals surface area contributed by atoms with Crippen molar-refractivity contribution in [1.29, 1.82) is 0 Å². The van der Waals surface area contributed by atoms with E-state index in [0.29, 0.717) is 61.0 Å². The number of hydrogen-bond acceptors (Lipinski definition) is 7. The lowest BCUT2D eigenvalue weighted by molar-refractivity contribution is -0.252. The van der Waals surface area contributed by atoms with Crippen LogP contribution in [0.5, 0.6) is 0 Å². The first-order valence-corrected chi connectivity index (χ1v) is 23.6. The predicted molar refractivity (Wildman–Crippen MR) is 227 cm³/mol. The van der Waals surface area contributed by atoms with Crippen LogP contribution in [0.2, 0.25) is 0 Å². The Morgan fingerprint density at radius 2 is 1.53 bits per heavy atom. The number of methoxy groups -OCH3 is 1. The molecule has 0 unspecified atom stereocenters. The minimum atomic E-state index is -0.813. The van der Waals surface area contributed by atoms with Crippen molar-refractivity contribution in [2.75, 3.05) is 40.0 Å². The van der Waals surface area contributed by atoms with Gasteiger partial charge in [-0.2, -0.15) is 0 Å². The van der Waals surface area contributed by atoms with Crippen molar-refractivity contribution in [3.63, 3.8) is 0 Å². The lowest BCUT2D eigenvalue weighted by atomic mass is 9.32. The number of carboxylic acids is 1. The molecule has 6 aliphatic carbocycles. The van der Waals surface area contributed by atoms with Crippen molar-refractivity contribution in [3.05, 3.63) is 0 Å². The Balaban J connectivity index is 1.07. The van der Waals surface area contributed by atoms with Crippen molar-refractivity contribution < 1.29 is 33.7 Å². The van der Waals surface area contributed by atoms with Crippen LogP contribution in [0.1, 0.15) is 153 Å². The summed E-state index contributed by atoms with van der Waals surface area (Å²) in [7, 11) is 1.71. The van der Waals surface area contributed by atoms with Crippen molar-refractivity contribution >= 4 is 17.8 Å². The number of esters is 1. The molecule has 13 atom stereocenters. The summed E-state index contributed by atoms with van der Waals surface area (Å²) in [6.07, 6.45) is 12.4. The van der Waals surface area contributed by atoms with Crippen LogP contribution in [0.4, 0.5) is 0 Å². The van der Waals surface area contributed by atoms with E-state index < -0.39 is 17.3 Å². The first-order valence-electron chi connectivity index (χ1n) is 23.6. The summed E-state index contributed by atoms with van der Waals surface area (Å²) in [4.78, 5) is 43.0. The SMILES string of the molecule is COCCO[C@@H]1CCN(CC(C)(C)NC(=O)[C@]23CC[C@@H](C(C)C)[C@@H]2[C@H]2CC[C@@H]4[C@@]5(C)CC[C@H](OC(=O)[C@H]6C[C@@H](C(=O)O)C6(C)C)C(C)(C)[C@@H]5CC[C@@]4(C)[C@]2(C)CC3)C1. The van der Waals surface area contributed by atoms with Crippen LogP contribution in [0.3, 0.4) is 0 Å². The summed E-state index contributed by atoms with van der Waals surface area (Å²) in [5, 5.41) is 13.4. The normalized spacial score (nSPS) is 44.3.